The standard InChI is InChI=1S/C10H4Cl2O2.2ClHO2/c11-7-8(12)10(14)6-4-2-1-3-5(6)9(7)13;2*2-1-3/h1-4H;2*2H. The van der Waals surface area contributed by atoms with Gasteiger partial charge in [-0.15, -0.1) is 9.32 Å². The van der Waals surface area contributed by atoms with Crippen molar-refractivity contribution in [2.75, 3.05) is 0 Å². The van der Waals surface area contributed by atoms with Crippen molar-refractivity contribution < 1.29 is 50.9 Å². The highest BCUT2D eigenvalue weighted by atomic mass is 35.6. The van der Waals surface area contributed by atoms with Gasteiger partial charge in [0.2, 0.25) is 11.6 Å². The van der Waals surface area contributed by atoms with Gasteiger partial charge in [0.05, 0.1) is 0 Å². The van der Waals surface area contributed by atoms with Gasteiger partial charge in [0.15, 0.2) is 0 Å². The number of Topliss-reactive ketones (excluding diaryl/α,β-unsaturated/α-hetero) is 2. The van der Waals surface area contributed by atoms with Crippen molar-refractivity contribution in [2.45, 2.75) is 0 Å². The molecule has 0 aliphatic heterocycles. The molecule has 10 heteroatoms. The number of hydrogen-bond donors (Lipinski definition) is 2. The van der Waals surface area contributed by atoms with E-state index in [1.807, 2.05) is 0 Å². The summed E-state index contributed by atoms with van der Waals surface area (Å²) in [5.74, 6) is -0.793. The number of halogens is 4. The maximum absolute atomic E-state index is 11.5. The van der Waals surface area contributed by atoms with Gasteiger partial charge in [0, 0.05) is 11.1 Å². The van der Waals surface area contributed by atoms with Crippen LogP contribution in [0.2, 0.25) is 0 Å². The fourth-order valence-electron chi connectivity index (χ4n) is 1.31. The van der Waals surface area contributed by atoms with Crippen LogP contribution < -0.4 is 9.32 Å². The molecule has 2 N–H and O–H groups in total. The maximum atomic E-state index is 11.5. The molecule has 2 rings (SSSR count). The quantitative estimate of drug-likeness (QED) is 0.626. The van der Waals surface area contributed by atoms with Gasteiger partial charge in [-0.2, -0.15) is 0 Å². The third-order valence-electron chi connectivity index (χ3n) is 2.01. The largest absolute Gasteiger partial charge is 0.506 e. The van der Waals surface area contributed by atoms with Gasteiger partial charge in [-0.25, -0.2) is 0 Å². The Labute approximate surface area is 131 Å². The Morgan fingerprint density at radius 1 is 0.850 bits per heavy atom. The first-order valence-electron chi connectivity index (χ1n) is 4.51. The van der Waals surface area contributed by atoms with Crippen LogP contribution in [0.25, 0.3) is 0 Å². The van der Waals surface area contributed by atoms with E-state index in [-0.39, 0.29) is 32.7 Å². The third kappa shape index (κ3) is 5.01. The number of benzene rings is 1. The SMILES string of the molecule is O=C1C(Cl)=C(Cl)C(=O)c2ccccc21.[O-][Cl+]O.[O-][Cl+]O. The summed E-state index contributed by atoms with van der Waals surface area (Å²) in [5, 5.41) is -0.397. The summed E-state index contributed by atoms with van der Waals surface area (Å²) in [6, 6.07) is 6.46. The Balaban J connectivity index is 0.000000520. The van der Waals surface area contributed by atoms with Crippen LogP contribution in [-0.2, 0) is 0 Å². The summed E-state index contributed by atoms with van der Waals surface area (Å²) in [6.07, 6.45) is 0. The van der Waals surface area contributed by atoms with E-state index >= 15 is 0 Å². The van der Waals surface area contributed by atoms with E-state index in [1.54, 1.807) is 24.3 Å². The Morgan fingerprint density at radius 2 is 1.10 bits per heavy atom. The first-order chi connectivity index (χ1) is 9.45. The van der Waals surface area contributed by atoms with E-state index in [4.69, 9.17) is 41.8 Å². The van der Waals surface area contributed by atoms with Crippen LogP contribution in [0.5, 0.6) is 0 Å². The normalized spacial score (nSPS) is 12.9. The van der Waals surface area contributed by atoms with E-state index in [1.165, 1.54) is 0 Å². The number of allylic oxidation sites excluding steroid dienone is 2. The van der Waals surface area contributed by atoms with Crippen LogP contribution in [-0.4, -0.2) is 20.9 Å². The van der Waals surface area contributed by atoms with E-state index in [2.05, 4.69) is 0 Å². The molecule has 0 heterocycles. The fourth-order valence-corrected chi connectivity index (χ4v) is 1.69. The van der Waals surface area contributed by atoms with Gasteiger partial charge < -0.3 is 9.32 Å². The second-order valence-corrected chi connectivity index (χ2v) is 4.00. The van der Waals surface area contributed by atoms with Crippen molar-refractivity contribution in [3.05, 3.63) is 45.5 Å². The summed E-state index contributed by atoms with van der Waals surface area (Å²) in [4.78, 5) is 23.1. The van der Waals surface area contributed by atoms with Crippen molar-refractivity contribution in [1.82, 2.24) is 0 Å². The van der Waals surface area contributed by atoms with Gasteiger partial charge in [0.1, 0.15) is 10.1 Å². The average molecular weight is 364 g/mol. The zero-order valence-corrected chi connectivity index (χ0v) is 12.4. The predicted octanol–water partition coefficient (Wildman–Crippen LogP) is -0.737. The highest BCUT2D eigenvalue weighted by Gasteiger charge is 2.29. The first kappa shape index (κ1) is 19.3. The Kier molecular flexibility index (Phi) is 9.74. The van der Waals surface area contributed by atoms with Gasteiger partial charge in [-0.05, 0) is 0 Å². The first-order valence-corrected chi connectivity index (χ1v) is 6.56. The summed E-state index contributed by atoms with van der Waals surface area (Å²) in [5.41, 5.74) is 0.624. The number of rotatable bonds is 0. The van der Waals surface area contributed by atoms with Crippen molar-refractivity contribution in [1.29, 1.82) is 0 Å². The van der Waals surface area contributed by atoms with Crippen LogP contribution in [0.15, 0.2) is 34.3 Å². The van der Waals surface area contributed by atoms with Crippen LogP contribution in [0.4, 0.5) is 0 Å². The molecule has 6 nitrogen and oxygen atoms in total. The van der Waals surface area contributed by atoms with E-state index in [0.29, 0.717) is 11.1 Å². The molecule has 20 heavy (non-hydrogen) atoms. The molecule has 0 aromatic heterocycles. The van der Waals surface area contributed by atoms with Crippen molar-refractivity contribution >= 4 is 34.8 Å². The van der Waals surface area contributed by atoms with Gasteiger partial charge in [-0.1, -0.05) is 47.5 Å². The van der Waals surface area contributed by atoms with Crippen LogP contribution in [0, 0.1) is 22.7 Å². The molecule has 110 valence electrons. The second-order valence-electron chi connectivity index (χ2n) is 2.97. The average Bonchev–Trinajstić information content (AvgIpc) is 2.44. The molecule has 1 aromatic rings. The molecule has 0 bridgehead atoms. The number of ketones is 2. The number of fused-ring (bicyclic) bond motifs is 1. The molecule has 0 atom stereocenters. The summed E-state index contributed by atoms with van der Waals surface area (Å²) in [7, 11) is 0. The van der Waals surface area contributed by atoms with Gasteiger partial charge in [0.25, 0.3) is 0 Å². The van der Waals surface area contributed by atoms with Gasteiger partial charge >= 0.3 is 22.7 Å². The minimum Gasteiger partial charge on any atom is -0.506 e. The molecule has 0 spiro atoms. The monoisotopic (exact) mass is 362 g/mol. The molecule has 0 saturated carbocycles. The second kappa shape index (κ2) is 10.1. The predicted molar refractivity (Wildman–Crippen MR) is 58.3 cm³/mol. The zero-order valence-electron chi connectivity index (χ0n) is 9.35. The number of carbonyl (C=O) groups is 2. The Hall–Kier alpha value is -0.700. The molecular formula is C10H6Cl4O6. The lowest BCUT2D eigenvalue weighted by molar-refractivity contribution is -1.27. The molecule has 0 saturated heterocycles. The van der Waals surface area contributed by atoms with Crippen LogP contribution >= 0.6 is 23.2 Å². The lowest BCUT2D eigenvalue weighted by atomic mass is 9.95. The van der Waals surface area contributed by atoms with E-state index < -0.39 is 11.6 Å². The molecule has 0 radical (unpaired) electrons. The zero-order chi connectivity index (χ0) is 15.7. The highest BCUT2D eigenvalue weighted by Crippen LogP contribution is 2.30. The highest BCUT2D eigenvalue weighted by molar-refractivity contribution is 6.59. The molecule has 1 aliphatic rings. The lowest BCUT2D eigenvalue weighted by Crippen LogP contribution is -2.17. The van der Waals surface area contributed by atoms with Crippen LogP contribution in [0.3, 0.4) is 0 Å². The van der Waals surface area contributed by atoms with E-state index in [0.717, 1.165) is 0 Å². The topological polar surface area (TPSA) is 121 Å². The van der Waals surface area contributed by atoms with Crippen molar-refractivity contribution in [3.8, 4) is 0 Å². The van der Waals surface area contributed by atoms with Crippen LogP contribution in [0.1, 0.15) is 20.7 Å². The molecule has 0 unspecified atom stereocenters. The lowest BCUT2D eigenvalue weighted by Gasteiger charge is -2.12. The minimum absolute atomic E-state index is 0.167. The number of carbonyl (C=O) groups excluding carboxylic acids is 2. The molecule has 1 aromatic carbocycles. The Bertz CT molecular complexity index is 471. The molecular weight excluding hydrogens is 358 g/mol. The van der Waals surface area contributed by atoms with E-state index in [9.17, 15) is 9.59 Å². The number of hydrogen-bond acceptors (Lipinski definition) is 6. The third-order valence-corrected chi connectivity index (χ3v) is 2.83. The molecule has 0 fully saturated rings. The summed E-state index contributed by atoms with van der Waals surface area (Å²) < 4.78 is 30.4. The fraction of sp³-hybridized carbons (Fsp3) is 0. The smallest absolute Gasteiger partial charge is 0.327 e. The molecule has 0 amide bonds. The molecule has 1 aliphatic carbocycles. The van der Waals surface area contributed by atoms with Gasteiger partial charge in [-0.3, -0.25) is 9.59 Å². The van der Waals surface area contributed by atoms with Crippen molar-refractivity contribution in [2.24, 2.45) is 0 Å². The maximum Gasteiger partial charge on any atom is 0.327 e. The Morgan fingerprint density at radius 3 is 1.35 bits per heavy atom. The van der Waals surface area contributed by atoms with Crippen molar-refractivity contribution in [3.63, 3.8) is 0 Å². The summed E-state index contributed by atoms with van der Waals surface area (Å²) >= 11 is 10.9. The minimum atomic E-state index is -0.396. The summed E-state index contributed by atoms with van der Waals surface area (Å²) in [6.45, 7) is 0.